The third kappa shape index (κ3) is 4.76. The van der Waals surface area contributed by atoms with Gasteiger partial charge in [-0.25, -0.2) is 0 Å². The molecule has 0 saturated carbocycles. The first kappa shape index (κ1) is 18.7. The van der Waals surface area contributed by atoms with Gasteiger partial charge in [0.25, 0.3) is 5.91 Å². The summed E-state index contributed by atoms with van der Waals surface area (Å²) in [6, 6.07) is 15.6. The van der Waals surface area contributed by atoms with Crippen LogP contribution < -0.4 is 10.1 Å². The molecule has 0 atom stereocenters. The lowest BCUT2D eigenvalue weighted by molar-refractivity contribution is 0.0950. The minimum absolute atomic E-state index is 0.109. The van der Waals surface area contributed by atoms with E-state index in [1.54, 1.807) is 4.68 Å². The van der Waals surface area contributed by atoms with Gasteiger partial charge in [0.15, 0.2) is 0 Å². The van der Waals surface area contributed by atoms with Crippen molar-refractivity contribution in [3.05, 3.63) is 82.2 Å². The van der Waals surface area contributed by atoms with Crippen LogP contribution >= 0.6 is 0 Å². The normalized spacial score (nSPS) is 10.7. The third-order valence-corrected chi connectivity index (χ3v) is 4.46. The molecule has 0 fully saturated rings. The van der Waals surface area contributed by atoms with E-state index in [1.807, 2.05) is 64.2 Å². The van der Waals surface area contributed by atoms with Crippen LogP contribution in [0.15, 0.2) is 48.5 Å². The van der Waals surface area contributed by atoms with Gasteiger partial charge in [-0.05, 0) is 61.7 Å². The lowest BCUT2D eigenvalue weighted by Gasteiger charge is -2.11. The lowest BCUT2D eigenvalue weighted by Crippen LogP contribution is -2.24. The largest absolute Gasteiger partial charge is 0.489 e. The molecule has 3 rings (SSSR count). The number of rotatable bonds is 6. The molecule has 1 heterocycles. The lowest BCUT2D eigenvalue weighted by atomic mass is 10.1. The molecule has 1 aromatic heterocycles. The molecule has 0 aliphatic carbocycles. The molecule has 1 N–H and O–H groups in total. The summed E-state index contributed by atoms with van der Waals surface area (Å²) in [5, 5.41) is 7.24. The van der Waals surface area contributed by atoms with Gasteiger partial charge in [0, 0.05) is 12.6 Å². The summed E-state index contributed by atoms with van der Waals surface area (Å²) in [7, 11) is 1.87. The Hall–Kier alpha value is -3.08. The Balaban J connectivity index is 1.63. The Morgan fingerprint density at radius 1 is 1.11 bits per heavy atom. The number of hydrogen-bond acceptors (Lipinski definition) is 3. The molecule has 5 nitrogen and oxygen atoms in total. The molecule has 0 spiro atoms. The molecular weight excluding hydrogens is 338 g/mol. The van der Waals surface area contributed by atoms with Crippen molar-refractivity contribution in [1.29, 1.82) is 0 Å². The van der Waals surface area contributed by atoms with Crippen LogP contribution in [0.3, 0.4) is 0 Å². The van der Waals surface area contributed by atoms with Crippen LogP contribution in [0.1, 0.15) is 38.4 Å². The summed E-state index contributed by atoms with van der Waals surface area (Å²) in [6.45, 7) is 6.87. The third-order valence-electron chi connectivity index (χ3n) is 4.46. The quantitative estimate of drug-likeness (QED) is 0.724. The molecule has 0 saturated heterocycles. The molecule has 0 bridgehead atoms. The van der Waals surface area contributed by atoms with E-state index in [0.29, 0.717) is 18.7 Å². The summed E-state index contributed by atoms with van der Waals surface area (Å²) in [5.41, 5.74) is 5.74. The zero-order chi connectivity index (χ0) is 19.4. The summed E-state index contributed by atoms with van der Waals surface area (Å²) >= 11 is 0. The number of nitrogens with one attached hydrogen (secondary N) is 1. The molecule has 0 aliphatic rings. The van der Waals surface area contributed by atoms with Crippen molar-refractivity contribution in [2.24, 2.45) is 7.05 Å². The first-order valence-corrected chi connectivity index (χ1v) is 8.99. The number of hydrogen-bond donors (Lipinski definition) is 1. The fraction of sp³-hybridized carbons (Fsp3) is 0.273. The molecular formula is C22H25N3O2. The predicted molar refractivity (Wildman–Crippen MR) is 106 cm³/mol. The molecule has 0 unspecified atom stereocenters. The fourth-order valence-electron chi connectivity index (χ4n) is 2.93. The number of aromatic nitrogens is 2. The van der Waals surface area contributed by atoms with Crippen LogP contribution in [0.25, 0.3) is 0 Å². The zero-order valence-electron chi connectivity index (χ0n) is 16.2. The van der Waals surface area contributed by atoms with Crippen molar-refractivity contribution in [2.75, 3.05) is 0 Å². The number of carbonyl (C=O) groups is 1. The van der Waals surface area contributed by atoms with Crippen LogP contribution in [0.2, 0.25) is 0 Å². The fourth-order valence-corrected chi connectivity index (χ4v) is 2.93. The second-order valence-corrected chi connectivity index (χ2v) is 6.84. The number of nitrogens with zero attached hydrogens (tertiary/aromatic N) is 2. The average molecular weight is 363 g/mol. The van der Waals surface area contributed by atoms with E-state index < -0.39 is 0 Å². The molecule has 0 aliphatic heterocycles. The first-order valence-electron chi connectivity index (χ1n) is 8.99. The van der Waals surface area contributed by atoms with Crippen LogP contribution in [0.5, 0.6) is 5.75 Å². The van der Waals surface area contributed by atoms with Crippen molar-refractivity contribution in [3.8, 4) is 5.75 Å². The highest BCUT2D eigenvalue weighted by Gasteiger charge is 2.09. The van der Waals surface area contributed by atoms with E-state index in [1.165, 1.54) is 0 Å². The van der Waals surface area contributed by atoms with E-state index in [2.05, 4.69) is 22.5 Å². The summed E-state index contributed by atoms with van der Waals surface area (Å²) in [4.78, 5) is 12.5. The van der Waals surface area contributed by atoms with Gasteiger partial charge in [0.2, 0.25) is 0 Å². The van der Waals surface area contributed by atoms with Crippen molar-refractivity contribution < 1.29 is 9.53 Å². The summed E-state index contributed by atoms with van der Waals surface area (Å²) in [6.07, 6.45) is 0. The van der Waals surface area contributed by atoms with Gasteiger partial charge in [0.1, 0.15) is 12.4 Å². The summed E-state index contributed by atoms with van der Waals surface area (Å²) < 4.78 is 7.72. The predicted octanol–water partition coefficient (Wildman–Crippen LogP) is 3.85. The number of ether oxygens (including phenoxy) is 1. The van der Waals surface area contributed by atoms with Gasteiger partial charge in [-0.2, -0.15) is 5.10 Å². The molecule has 2 aromatic carbocycles. The number of carbonyl (C=O) groups excluding carboxylic acids is 1. The highest BCUT2D eigenvalue weighted by atomic mass is 16.5. The standard InChI is InChI=1S/C22H25N3O2/c1-15-8-9-16(2)21(10-15)27-14-18-6-5-7-19(12-18)22(26)23-13-20-11-17(3)24-25(20)4/h5-12H,13-14H2,1-4H3,(H,23,26). The van der Waals surface area contributed by atoms with Crippen molar-refractivity contribution in [3.63, 3.8) is 0 Å². The van der Waals surface area contributed by atoms with Crippen LogP contribution in [0, 0.1) is 20.8 Å². The highest BCUT2D eigenvalue weighted by molar-refractivity contribution is 5.94. The Labute approximate surface area is 160 Å². The van der Waals surface area contributed by atoms with Crippen molar-refractivity contribution in [1.82, 2.24) is 15.1 Å². The Morgan fingerprint density at radius 3 is 2.67 bits per heavy atom. The molecule has 1 amide bonds. The Kier molecular flexibility index (Phi) is 5.60. The van der Waals surface area contributed by atoms with Crippen LogP contribution in [-0.2, 0) is 20.2 Å². The SMILES string of the molecule is Cc1ccc(C)c(OCc2cccc(C(=O)NCc3cc(C)nn3C)c2)c1. The van der Waals surface area contributed by atoms with E-state index in [9.17, 15) is 4.79 Å². The monoisotopic (exact) mass is 363 g/mol. The molecule has 140 valence electrons. The highest BCUT2D eigenvalue weighted by Crippen LogP contribution is 2.20. The van der Waals surface area contributed by atoms with Gasteiger partial charge >= 0.3 is 0 Å². The van der Waals surface area contributed by atoms with Gasteiger partial charge in [0.05, 0.1) is 17.9 Å². The average Bonchev–Trinajstić information content (AvgIpc) is 2.98. The maximum absolute atomic E-state index is 12.5. The number of benzene rings is 2. The Morgan fingerprint density at radius 2 is 1.93 bits per heavy atom. The minimum atomic E-state index is -0.109. The van der Waals surface area contributed by atoms with Crippen molar-refractivity contribution >= 4 is 5.91 Å². The van der Waals surface area contributed by atoms with Crippen LogP contribution in [-0.4, -0.2) is 15.7 Å². The smallest absolute Gasteiger partial charge is 0.251 e. The first-order chi connectivity index (χ1) is 12.9. The summed E-state index contributed by atoms with van der Waals surface area (Å²) in [5.74, 6) is 0.763. The number of amides is 1. The second-order valence-electron chi connectivity index (χ2n) is 6.84. The number of aryl methyl sites for hydroxylation is 4. The van der Waals surface area contributed by atoms with Crippen LogP contribution in [0.4, 0.5) is 0 Å². The van der Waals surface area contributed by atoms with Gasteiger partial charge in [-0.15, -0.1) is 0 Å². The van der Waals surface area contributed by atoms with E-state index in [-0.39, 0.29) is 5.91 Å². The van der Waals surface area contributed by atoms with Gasteiger partial charge in [-0.1, -0.05) is 24.3 Å². The van der Waals surface area contributed by atoms with Gasteiger partial charge in [-0.3, -0.25) is 9.48 Å². The molecule has 0 radical (unpaired) electrons. The van der Waals surface area contributed by atoms with Crippen molar-refractivity contribution in [2.45, 2.75) is 33.9 Å². The van der Waals surface area contributed by atoms with E-state index >= 15 is 0 Å². The zero-order valence-corrected chi connectivity index (χ0v) is 16.2. The maximum Gasteiger partial charge on any atom is 0.251 e. The van der Waals surface area contributed by atoms with E-state index in [0.717, 1.165) is 33.8 Å². The topological polar surface area (TPSA) is 56.1 Å². The Bertz CT molecular complexity index is 960. The maximum atomic E-state index is 12.5. The molecule has 3 aromatic rings. The molecule has 5 heteroatoms. The minimum Gasteiger partial charge on any atom is -0.489 e. The van der Waals surface area contributed by atoms with Gasteiger partial charge < -0.3 is 10.1 Å². The second kappa shape index (κ2) is 8.08. The molecule has 27 heavy (non-hydrogen) atoms. The van der Waals surface area contributed by atoms with E-state index in [4.69, 9.17) is 4.74 Å².